The average Bonchev–Trinajstić information content (AvgIpc) is 2.75. The van der Waals surface area contributed by atoms with Gasteiger partial charge in [-0.3, -0.25) is 0 Å². The van der Waals surface area contributed by atoms with Gasteiger partial charge in [-0.2, -0.15) is 0 Å². The second-order valence-corrected chi connectivity index (χ2v) is 5.90. The Balaban J connectivity index is 2.03. The second-order valence-electron chi connectivity index (χ2n) is 5.49. The number of hydrogen-bond donors (Lipinski definition) is 1. The van der Waals surface area contributed by atoms with Crippen molar-refractivity contribution in [1.29, 1.82) is 0 Å². The number of nitrogens with zero attached hydrogens (tertiary/aromatic N) is 2. The zero-order chi connectivity index (χ0) is 13.6. The first-order valence-corrected chi connectivity index (χ1v) is 7.20. The number of pyridine rings is 1. The first-order chi connectivity index (χ1) is 9.11. The normalized spacial score (nSPS) is 27.1. The van der Waals surface area contributed by atoms with Crippen molar-refractivity contribution in [1.82, 2.24) is 10.3 Å². The fraction of sp³-hybridized carbons (Fsp3) is 0.643. The largest absolute Gasteiger partial charge is 0.375 e. The van der Waals surface area contributed by atoms with Crippen molar-refractivity contribution < 1.29 is 4.74 Å². The number of nitrogens with one attached hydrogen (secondary N) is 1. The van der Waals surface area contributed by atoms with Crippen LogP contribution in [0.5, 0.6) is 0 Å². The monoisotopic (exact) mass is 281 g/mol. The van der Waals surface area contributed by atoms with Gasteiger partial charge >= 0.3 is 0 Å². The quantitative estimate of drug-likeness (QED) is 0.901. The molecule has 3 atom stereocenters. The van der Waals surface area contributed by atoms with Gasteiger partial charge in [0.25, 0.3) is 0 Å². The maximum absolute atomic E-state index is 6.34. The number of aromatic nitrogens is 1. The molecule has 0 saturated carbocycles. The van der Waals surface area contributed by atoms with Gasteiger partial charge in [0.1, 0.15) is 5.82 Å². The number of rotatable bonds is 2. The van der Waals surface area contributed by atoms with Crippen LogP contribution < -0.4 is 10.2 Å². The molecule has 104 valence electrons. The predicted octanol–water partition coefficient (Wildman–Crippen LogP) is 2.17. The number of fused-ring (bicyclic) bond motifs is 3. The van der Waals surface area contributed by atoms with Gasteiger partial charge in [-0.1, -0.05) is 11.6 Å². The van der Waals surface area contributed by atoms with Gasteiger partial charge in [0.15, 0.2) is 0 Å². The first-order valence-electron chi connectivity index (χ1n) is 6.83. The minimum atomic E-state index is -0.0740. The third-order valence-electron chi connectivity index (χ3n) is 4.19. The molecule has 0 unspecified atom stereocenters. The predicted molar refractivity (Wildman–Crippen MR) is 77.0 cm³/mol. The summed E-state index contributed by atoms with van der Waals surface area (Å²) in [7, 11) is 1.69. The third kappa shape index (κ3) is 2.12. The molecular weight excluding hydrogens is 262 g/mol. The van der Waals surface area contributed by atoms with Crippen molar-refractivity contribution in [3.63, 3.8) is 0 Å². The molecule has 0 radical (unpaired) electrons. The van der Waals surface area contributed by atoms with Gasteiger partial charge in [0.05, 0.1) is 16.8 Å². The standard InChI is InChI=1S/C14H20ClN3O/c1-8-6-16-7-11-4-10-5-12(15)13(9(2)19-3)17-14(10)18(8)11/h5,8-9,11,16H,4,6-7H2,1-3H3/t8-,9-,11-/m1/s1. The molecule has 19 heavy (non-hydrogen) atoms. The molecule has 4 nitrogen and oxygen atoms in total. The minimum Gasteiger partial charge on any atom is -0.375 e. The molecule has 1 N–H and O–H groups in total. The van der Waals surface area contributed by atoms with Gasteiger partial charge in [-0.25, -0.2) is 4.98 Å². The van der Waals surface area contributed by atoms with Crippen LogP contribution in [0, 0.1) is 0 Å². The van der Waals surface area contributed by atoms with Crippen molar-refractivity contribution in [2.24, 2.45) is 0 Å². The van der Waals surface area contributed by atoms with Crippen LogP contribution in [0.2, 0.25) is 5.02 Å². The zero-order valence-electron chi connectivity index (χ0n) is 11.6. The van der Waals surface area contributed by atoms with Gasteiger partial charge in [0.2, 0.25) is 0 Å². The van der Waals surface area contributed by atoms with Crippen LogP contribution in [-0.2, 0) is 11.2 Å². The molecule has 2 aliphatic heterocycles. The number of piperazine rings is 1. The van der Waals surface area contributed by atoms with Crippen molar-refractivity contribution in [3.05, 3.63) is 22.3 Å². The van der Waals surface area contributed by atoms with E-state index in [0.717, 1.165) is 31.0 Å². The second kappa shape index (κ2) is 4.93. The molecule has 1 aromatic heterocycles. The molecule has 1 aromatic rings. The molecule has 2 aliphatic rings. The molecule has 3 heterocycles. The Bertz CT molecular complexity index is 494. The van der Waals surface area contributed by atoms with Crippen molar-refractivity contribution >= 4 is 17.4 Å². The molecule has 1 fully saturated rings. The fourth-order valence-electron chi connectivity index (χ4n) is 3.12. The zero-order valence-corrected chi connectivity index (χ0v) is 12.4. The van der Waals surface area contributed by atoms with Gasteiger partial charge in [-0.15, -0.1) is 0 Å². The topological polar surface area (TPSA) is 37.4 Å². The molecule has 0 spiro atoms. The van der Waals surface area contributed by atoms with Crippen molar-refractivity contribution in [3.8, 4) is 0 Å². The van der Waals surface area contributed by atoms with E-state index in [-0.39, 0.29) is 6.10 Å². The van der Waals surface area contributed by atoms with E-state index in [2.05, 4.69) is 23.2 Å². The summed E-state index contributed by atoms with van der Waals surface area (Å²) >= 11 is 6.34. The molecule has 0 aliphatic carbocycles. The van der Waals surface area contributed by atoms with Crippen molar-refractivity contribution in [2.45, 2.75) is 38.5 Å². The van der Waals surface area contributed by atoms with E-state index >= 15 is 0 Å². The summed E-state index contributed by atoms with van der Waals surface area (Å²) in [6, 6.07) is 3.05. The van der Waals surface area contributed by atoms with E-state index in [4.69, 9.17) is 21.3 Å². The summed E-state index contributed by atoms with van der Waals surface area (Å²) in [5, 5.41) is 4.19. The Morgan fingerprint density at radius 1 is 1.53 bits per heavy atom. The van der Waals surface area contributed by atoms with Crippen molar-refractivity contribution in [2.75, 3.05) is 25.1 Å². The highest BCUT2D eigenvalue weighted by atomic mass is 35.5. The highest BCUT2D eigenvalue weighted by Crippen LogP contribution is 2.37. The molecule has 3 rings (SSSR count). The summed E-state index contributed by atoms with van der Waals surface area (Å²) < 4.78 is 5.36. The summed E-state index contributed by atoms with van der Waals surface area (Å²) in [4.78, 5) is 7.24. The Labute approximate surface area is 119 Å². The Hall–Kier alpha value is -0.840. The minimum absolute atomic E-state index is 0.0740. The summed E-state index contributed by atoms with van der Waals surface area (Å²) in [6.45, 7) is 6.25. The number of ether oxygens (including phenoxy) is 1. The molecule has 0 bridgehead atoms. The van der Waals surface area contributed by atoms with E-state index in [0.29, 0.717) is 17.1 Å². The summed E-state index contributed by atoms with van der Waals surface area (Å²) in [6.07, 6.45) is 0.955. The van der Waals surface area contributed by atoms with Crippen LogP contribution in [0.25, 0.3) is 0 Å². The Morgan fingerprint density at radius 3 is 3.05 bits per heavy atom. The van der Waals surface area contributed by atoms with Gasteiger partial charge < -0.3 is 15.0 Å². The van der Waals surface area contributed by atoms with E-state index in [1.807, 2.05) is 6.92 Å². The van der Waals surface area contributed by atoms with Crippen LogP contribution in [0.15, 0.2) is 6.07 Å². The van der Waals surface area contributed by atoms with Gasteiger partial charge in [0, 0.05) is 32.3 Å². The van der Waals surface area contributed by atoms with Crippen LogP contribution >= 0.6 is 11.6 Å². The highest BCUT2D eigenvalue weighted by molar-refractivity contribution is 6.31. The van der Waals surface area contributed by atoms with Gasteiger partial charge in [-0.05, 0) is 31.9 Å². The number of methoxy groups -OCH3 is 1. The Kier molecular flexibility index (Phi) is 3.41. The summed E-state index contributed by atoms with van der Waals surface area (Å²) in [5.41, 5.74) is 2.10. The maximum atomic E-state index is 6.34. The number of hydrogen-bond acceptors (Lipinski definition) is 4. The smallest absolute Gasteiger partial charge is 0.132 e. The number of halogens is 1. The lowest BCUT2D eigenvalue weighted by Gasteiger charge is -2.37. The van der Waals surface area contributed by atoms with Crippen LogP contribution in [0.3, 0.4) is 0 Å². The lowest BCUT2D eigenvalue weighted by Crippen LogP contribution is -2.55. The van der Waals surface area contributed by atoms with E-state index in [9.17, 15) is 0 Å². The molecule has 0 aromatic carbocycles. The van der Waals surface area contributed by atoms with Crippen LogP contribution in [0.4, 0.5) is 5.82 Å². The molecule has 5 heteroatoms. The molecule has 1 saturated heterocycles. The molecule has 0 amide bonds. The number of anilines is 1. The van der Waals surface area contributed by atoms with E-state index in [1.165, 1.54) is 5.56 Å². The Morgan fingerprint density at radius 2 is 2.32 bits per heavy atom. The molecular formula is C14H20ClN3O. The first kappa shape index (κ1) is 13.2. The third-order valence-corrected chi connectivity index (χ3v) is 4.49. The van der Waals surface area contributed by atoms with E-state index < -0.39 is 0 Å². The van der Waals surface area contributed by atoms with E-state index in [1.54, 1.807) is 7.11 Å². The highest BCUT2D eigenvalue weighted by Gasteiger charge is 2.37. The average molecular weight is 282 g/mol. The maximum Gasteiger partial charge on any atom is 0.132 e. The lowest BCUT2D eigenvalue weighted by molar-refractivity contribution is 0.116. The lowest BCUT2D eigenvalue weighted by atomic mass is 10.1. The SMILES string of the molecule is CO[C@H](C)c1nc2c(cc1Cl)C[C@@H]1CNC[C@@H](C)N21. The summed E-state index contributed by atoms with van der Waals surface area (Å²) in [5.74, 6) is 1.10. The fourth-order valence-corrected chi connectivity index (χ4v) is 3.45. The van der Waals surface area contributed by atoms with Crippen LogP contribution in [-0.4, -0.2) is 37.3 Å². The van der Waals surface area contributed by atoms with Crippen LogP contribution in [0.1, 0.15) is 31.2 Å².